The Bertz CT molecular complexity index is 862. The van der Waals surface area contributed by atoms with Crippen LogP contribution in [0.3, 0.4) is 0 Å². The Morgan fingerprint density at radius 3 is 2.28 bits per heavy atom. The van der Waals surface area contributed by atoms with Crippen molar-refractivity contribution in [2.24, 2.45) is 0 Å². The standard InChI is InChI=1S/C19H21NO4S/c1-3-24-18(21)19(16-7-5-4-6-8-16)13-14-20(19)25(22,23)17-11-9-15(2)10-12-17/h4-12H,3,13-14H2,1-2H3/t19-/m1/s1. The Balaban J connectivity index is 2.08. The van der Waals surface area contributed by atoms with Gasteiger partial charge in [0.1, 0.15) is 0 Å². The second-order valence-corrected chi connectivity index (χ2v) is 7.95. The maximum Gasteiger partial charge on any atom is 0.332 e. The lowest BCUT2D eigenvalue weighted by Gasteiger charge is -2.49. The topological polar surface area (TPSA) is 63.7 Å². The van der Waals surface area contributed by atoms with Gasteiger partial charge >= 0.3 is 5.97 Å². The minimum Gasteiger partial charge on any atom is -0.464 e. The quantitative estimate of drug-likeness (QED) is 0.770. The molecule has 0 unspecified atom stereocenters. The zero-order valence-corrected chi connectivity index (χ0v) is 15.1. The molecule has 0 bridgehead atoms. The molecule has 5 nitrogen and oxygen atoms in total. The fraction of sp³-hybridized carbons (Fsp3) is 0.316. The number of benzene rings is 2. The number of hydrogen-bond donors (Lipinski definition) is 0. The number of sulfonamides is 1. The second-order valence-electron chi connectivity index (χ2n) is 6.09. The van der Waals surface area contributed by atoms with E-state index in [1.807, 2.05) is 13.0 Å². The predicted molar refractivity (Wildman–Crippen MR) is 94.4 cm³/mol. The number of carbonyl (C=O) groups is 1. The minimum atomic E-state index is -3.81. The van der Waals surface area contributed by atoms with Crippen molar-refractivity contribution in [1.29, 1.82) is 0 Å². The first-order valence-corrected chi connectivity index (χ1v) is 9.69. The molecule has 132 valence electrons. The van der Waals surface area contributed by atoms with Crippen LogP contribution in [0.5, 0.6) is 0 Å². The van der Waals surface area contributed by atoms with Gasteiger partial charge in [0, 0.05) is 6.54 Å². The van der Waals surface area contributed by atoms with Crippen LogP contribution < -0.4 is 0 Å². The van der Waals surface area contributed by atoms with Gasteiger partial charge in [-0.1, -0.05) is 48.0 Å². The molecule has 0 aromatic heterocycles. The van der Waals surface area contributed by atoms with Crippen molar-refractivity contribution in [2.75, 3.05) is 13.2 Å². The van der Waals surface area contributed by atoms with Crippen molar-refractivity contribution in [3.05, 3.63) is 65.7 Å². The number of ether oxygens (including phenoxy) is 1. The SMILES string of the molecule is CCOC(=O)[C@]1(c2ccccc2)CCN1S(=O)(=O)c1ccc(C)cc1. The van der Waals surface area contributed by atoms with E-state index in [4.69, 9.17) is 4.74 Å². The highest BCUT2D eigenvalue weighted by Crippen LogP contribution is 2.45. The van der Waals surface area contributed by atoms with E-state index in [1.54, 1.807) is 55.5 Å². The minimum absolute atomic E-state index is 0.183. The van der Waals surface area contributed by atoms with Gasteiger partial charge in [0.25, 0.3) is 0 Å². The van der Waals surface area contributed by atoms with E-state index in [0.717, 1.165) is 5.56 Å². The first-order chi connectivity index (χ1) is 11.9. The number of esters is 1. The average molecular weight is 359 g/mol. The molecular weight excluding hydrogens is 338 g/mol. The average Bonchev–Trinajstić information content (AvgIpc) is 2.55. The highest BCUT2D eigenvalue weighted by atomic mass is 32.2. The molecular formula is C19H21NO4S. The maximum atomic E-state index is 13.1. The summed E-state index contributed by atoms with van der Waals surface area (Å²) in [4.78, 5) is 12.9. The lowest BCUT2D eigenvalue weighted by Crippen LogP contribution is -2.64. The Labute approximate surface area is 148 Å². The molecule has 1 aliphatic heterocycles. The summed E-state index contributed by atoms with van der Waals surface area (Å²) in [5.74, 6) is -0.525. The molecule has 0 saturated carbocycles. The van der Waals surface area contributed by atoms with Crippen molar-refractivity contribution < 1.29 is 17.9 Å². The molecule has 25 heavy (non-hydrogen) atoms. The number of rotatable bonds is 5. The summed E-state index contributed by atoms with van der Waals surface area (Å²) < 4.78 is 32.8. The van der Waals surface area contributed by atoms with E-state index in [2.05, 4.69) is 0 Å². The van der Waals surface area contributed by atoms with Gasteiger partial charge in [-0.05, 0) is 38.0 Å². The molecule has 2 aromatic rings. The third kappa shape index (κ3) is 2.85. The van der Waals surface area contributed by atoms with Crippen molar-refractivity contribution in [3.63, 3.8) is 0 Å². The van der Waals surface area contributed by atoms with E-state index in [-0.39, 0.29) is 18.0 Å². The van der Waals surface area contributed by atoms with E-state index in [1.165, 1.54) is 4.31 Å². The van der Waals surface area contributed by atoms with Crippen molar-refractivity contribution in [3.8, 4) is 0 Å². The van der Waals surface area contributed by atoms with Crippen molar-refractivity contribution in [2.45, 2.75) is 30.7 Å². The van der Waals surface area contributed by atoms with Gasteiger partial charge in [0.15, 0.2) is 5.54 Å². The van der Waals surface area contributed by atoms with E-state index >= 15 is 0 Å². The Morgan fingerprint density at radius 2 is 1.76 bits per heavy atom. The first kappa shape index (κ1) is 17.6. The summed E-state index contributed by atoms with van der Waals surface area (Å²) in [6, 6.07) is 15.6. The van der Waals surface area contributed by atoms with Crippen LogP contribution in [0.15, 0.2) is 59.5 Å². The summed E-state index contributed by atoms with van der Waals surface area (Å²) in [5.41, 5.74) is 0.318. The fourth-order valence-electron chi connectivity index (χ4n) is 3.16. The van der Waals surface area contributed by atoms with Gasteiger partial charge in [0.2, 0.25) is 10.0 Å². The number of carbonyl (C=O) groups excluding carboxylic acids is 1. The van der Waals surface area contributed by atoms with Gasteiger partial charge < -0.3 is 4.74 Å². The van der Waals surface area contributed by atoms with E-state index in [9.17, 15) is 13.2 Å². The van der Waals surface area contributed by atoms with Crippen molar-refractivity contribution >= 4 is 16.0 Å². The third-order valence-corrected chi connectivity index (χ3v) is 6.52. The third-order valence-electron chi connectivity index (χ3n) is 4.58. The summed E-state index contributed by atoms with van der Waals surface area (Å²) in [5, 5.41) is 0. The first-order valence-electron chi connectivity index (χ1n) is 8.25. The summed E-state index contributed by atoms with van der Waals surface area (Å²) in [6.45, 7) is 4.09. The normalized spacial score (nSPS) is 20.7. The highest BCUT2D eigenvalue weighted by molar-refractivity contribution is 7.89. The molecule has 1 atom stereocenters. The van der Waals surface area contributed by atoms with Crippen LogP contribution in [0, 0.1) is 6.92 Å². The van der Waals surface area contributed by atoms with Gasteiger partial charge in [-0.3, -0.25) is 0 Å². The van der Waals surface area contributed by atoms with Crippen LogP contribution in [-0.2, 0) is 25.1 Å². The summed E-state index contributed by atoms with van der Waals surface area (Å²) >= 11 is 0. The largest absolute Gasteiger partial charge is 0.464 e. The maximum absolute atomic E-state index is 13.1. The Hall–Kier alpha value is -2.18. The Kier molecular flexibility index (Phi) is 4.67. The number of aryl methyl sites for hydroxylation is 1. The lowest BCUT2D eigenvalue weighted by atomic mass is 9.80. The summed E-state index contributed by atoms with van der Waals surface area (Å²) in [7, 11) is -3.81. The zero-order chi connectivity index (χ0) is 18.1. The van der Waals surface area contributed by atoms with Crippen LogP contribution >= 0.6 is 0 Å². The molecule has 0 amide bonds. The number of nitrogens with zero attached hydrogens (tertiary/aromatic N) is 1. The molecule has 0 radical (unpaired) electrons. The van der Waals surface area contributed by atoms with Gasteiger partial charge in [0.05, 0.1) is 11.5 Å². The van der Waals surface area contributed by atoms with Crippen LogP contribution in [0.25, 0.3) is 0 Å². The highest BCUT2D eigenvalue weighted by Gasteiger charge is 2.58. The predicted octanol–water partition coefficient (Wildman–Crippen LogP) is 2.85. The molecule has 0 spiro atoms. The smallest absolute Gasteiger partial charge is 0.332 e. The molecule has 3 rings (SSSR count). The molecule has 2 aromatic carbocycles. The molecule has 1 heterocycles. The van der Waals surface area contributed by atoms with Gasteiger partial charge in [-0.25, -0.2) is 13.2 Å². The molecule has 6 heteroatoms. The van der Waals surface area contributed by atoms with E-state index in [0.29, 0.717) is 12.0 Å². The Morgan fingerprint density at radius 1 is 1.12 bits per heavy atom. The monoisotopic (exact) mass is 359 g/mol. The molecule has 0 aliphatic carbocycles. The number of hydrogen-bond acceptors (Lipinski definition) is 4. The molecule has 1 saturated heterocycles. The van der Waals surface area contributed by atoms with Crippen LogP contribution in [0.2, 0.25) is 0 Å². The molecule has 1 aliphatic rings. The molecule has 0 N–H and O–H groups in total. The van der Waals surface area contributed by atoms with Crippen LogP contribution in [0.1, 0.15) is 24.5 Å². The van der Waals surface area contributed by atoms with Gasteiger partial charge in [-0.15, -0.1) is 0 Å². The lowest BCUT2D eigenvalue weighted by molar-refractivity contribution is -0.162. The zero-order valence-electron chi connectivity index (χ0n) is 14.3. The van der Waals surface area contributed by atoms with Crippen LogP contribution in [0.4, 0.5) is 0 Å². The van der Waals surface area contributed by atoms with E-state index < -0.39 is 21.5 Å². The van der Waals surface area contributed by atoms with Gasteiger partial charge in [-0.2, -0.15) is 4.31 Å². The molecule has 1 fully saturated rings. The second kappa shape index (κ2) is 6.61. The van der Waals surface area contributed by atoms with Crippen LogP contribution in [-0.4, -0.2) is 31.8 Å². The van der Waals surface area contributed by atoms with Crippen molar-refractivity contribution in [1.82, 2.24) is 4.31 Å². The fourth-order valence-corrected chi connectivity index (χ4v) is 4.91. The summed E-state index contributed by atoms with van der Waals surface area (Å²) in [6.07, 6.45) is 0.404.